The van der Waals surface area contributed by atoms with Crippen molar-refractivity contribution in [1.82, 2.24) is 5.32 Å². The van der Waals surface area contributed by atoms with E-state index < -0.39 is 0 Å². The highest BCUT2D eigenvalue weighted by Crippen LogP contribution is 2.27. The molecule has 0 bridgehead atoms. The van der Waals surface area contributed by atoms with Crippen LogP contribution in [-0.2, 0) is 9.59 Å². The molecule has 0 aromatic heterocycles. The number of nitrogens with one attached hydrogen (secondary N) is 2. The maximum atomic E-state index is 12.4. The van der Waals surface area contributed by atoms with Gasteiger partial charge in [0.15, 0.2) is 0 Å². The van der Waals surface area contributed by atoms with Gasteiger partial charge < -0.3 is 15.5 Å². The number of para-hydroxylation sites is 1. The molecule has 142 valence electrons. The molecular weight excluding hydrogens is 358 g/mol. The molecule has 0 radical (unpaired) electrons. The number of nitrogens with zero attached hydrogens (tertiary/aromatic N) is 1. The minimum atomic E-state index is -0.278. The van der Waals surface area contributed by atoms with Crippen molar-refractivity contribution >= 4 is 35.0 Å². The Morgan fingerprint density at radius 2 is 1.85 bits per heavy atom. The number of anilines is 2. The van der Waals surface area contributed by atoms with Gasteiger partial charge in [-0.25, -0.2) is 0 Å². The van der Waals surface area contributed by atoms with Crippen molar-refractivity contribution in [3.8, 4) is 0 Å². The smallest absolute Gasteiger partial charge is 0.227 e. The van der Waals surface area contributed by atoms with Crippen molar-refractivity contribution in [2.75, 3.05) is 36.1 Å². The van der Waals surface area contributed by atoms with Crippen LogP contribution in [-0.4, -0.2) is 37.7 Å². The Labute approximate surface area is 164 Å². The predicted octanol–water partition coefficient (Wildman–Crippen LogP) is 3.38. The molecule has 3 rings (SSSR count). The normalized spacial score (nSPS) is 16.4. The van der Waals surface area contributed by atoms with E-state index in [9.17, 15) is 9.59 Å². The molecule has 2 N–H and O–H groups in total. The number of rotatable bonds is 8. The Bertz CT molecular complexity index is 765. The van der Waals surface area contributed by atoms with E-state index in [0.717, 1.165) is 29.2 Å². The minimum Gasteiger partial charge on any atom is -0.385 e. The number of carbonyl (C=O) groups excluding carboxylic acids is 2. The third-order valence-corrected chi connectivity index (χ3v) is 5.38. The SMILES string of the molecule is CSc1ccc(N2CC(C(=O)NCCCNc3ccccc3)CC2=O)cc1. The van der Waals surface area contributed by atoms with Gasteiger partial charge in [-0.1, -0.05) is 18.2 Å². The van der Waals surface area contributed by atoms with Gasteiger partial charge in [-0.05, 0) is 49.1 Å². The van der Waals surface area contributed by atoms with Gasteiger partial charge in [0.25, 0.3) is 0 Å². The summed E-state index contributed by atoms with van der Waals surface area (Å²) in [5.74, 6) is -0.302. The van der Waals surface area contributed by atoms with E-state index in [0.29, 0.717) is 13.1 Å². The summed E-state index contributed by atoms with van der Waals surface area (Å²) in [5, 5.41) is 6.28. The third-order valence-electron chi connectivity index (χ3n) is 4.64. The molecule has 1 atom stereocenters. The summed E-state index contributed by atoms with van der Waals surface area (Å²) in [4.78, 5) is 27.6. The summed E-state index contributed by atoms with van der Waals surface area (Å²) in [6.45, 7) is 1.85. The molecule has 2 aromatic carbocycles. The molecule has 1 aliphatic rings. The maximum absolute atomic E-state index is 12.4. The van der Waals surface area contributed by atoms with Crippen LogP contribution in [0.5, 0.6) is 0 Å². The Kier molecular flexibility index (Phi) is 6.76. The van der Waals surface area contributed by atoms with E-state index in [1.54, 1.807) is 16.7 Å². The Morgan fingerprint density at radius 1 is 1.11 bits per heavy atom. The molecule has 0 spiro atoms. The second kappa shape index (κ2) is 9.46. The summed E-state index contributed by atoms with van der Waals surface area (Å²) >= 11 is 1.67. The van der Waals surface area contributed by atoms with Crippen molar-refractivity contribution in [1.29, 1.82) is 0 Å². The number of hydrogen-bond acceptors (Lipinski definition) is 4. The van der Waals surface area contributed by atoms with Crippen LogP contribution in [0.2, 0.25) is 0 Å². The van der Waals surface area contributed by atoms with Gasteiger partial charge in [-0.15, -0.1) is 11.8 Å². The van der Waals surface area contributed by atoms with Crippen molar-refractivity contribution < 1.29 is 9.59 Å². The number of amides is 2. The molecule has 1 unspecified atom stereocenters. The van der Waals surface area contributed by atoms with Crippen LogP contribution in [0.3, 0.4) is 0 Å². The van der Waals surface area contributed by atoms with Gasteiger partial charge in [-0.3, -0.25) is 9.59 Å². The lowest BCUT2D eigenvalue weighted by molar-refractivity contribution is -0.126. The minimum absolute atomic E-state index is 0.0118. The van der Waals surface area contributed by atoms with Gasteiger partial charge in [0.05, 0.1) is 5.92 Å². The monoisotopic (exact) mass is 383 g/mol. The summed E-state index contributed by atoms with van der Waals surface area (Å²) in [5.41, 5.74) is 1.94. The molecule has 0 aliphatic carbocycles. The van der Waals surface area contributed by atoms with Gasteiger partial charge in [-0.2, -0.15) is 0 Å². The standard InChI is InChI=1S/C21H25N3O2S/c1-27-19-10-8-18(9-11-19)24-15-16(14-20(24)25)21(26)23-13-5-12-22-17-6-3-2-4-7-17/h2-4,6-11,16,22H,5,12-15H2,1H3,(H,23,26). The van der Waals surface area contributed by atoms with Crippen molar-refractivity contribution in [3.63, 3.8) is 0 Å². The molecular formula is C21H25N3O2S. The molecule has 5 nitrogen and oxygen atoms in total. The maximum Gasteiger partial charge on any atom is 0.227 e. The van der Waals surface area contributed by atoms with E-state index >= 15 is 0 Å². The molecule has 1 fully saturated rings. The number of hydrogen-bond donors (Lipinski definition) is 2. The average Bonchev–Trinajstić information content (AvgIpc) is 3.10. The first kappa shape index (κ1) is 19.3. The quantitative estimate of drug-likeness (QED) is 0.542. The third kappa shape index (κ3) is 5.26. The van der Waals surface area contributed by atoms with Gasteiger partial charge >= 0.3 is 0 Å². The van der Waals surface area contributed by atoms with E-state index in [1.807, 2.05) is 60.9 Å². The summed E-state index contributed by atoms with van der Waals surface area (Å²) < 4.78 is 0. The average molecular weight is 384 g/mol. The lowest BCUT2D eigenvalue weighted by Crippen LogP contribution is -2.34. The molecule has 0 saturated carbocycles. The van der Waals surface area contributed by atoms with Crippen LogP contribution in [0.4, 0.5) is 11.4 Å². The van der Waals surface area contributed by atoms with Gasteiger partial charge in [0, 0.05) is 42.3 Å². The molecule has 1 aliphatic heterocycles. The van der Waals surface area contributed by atoms with Crippen molar-refractivity contribution in [2.45, 2.75) is 17.7 Å². The fourth-order valence-electron chi connectivity index (χ4n) is 3.13. The molecule has 2 amide bonds. The zero-order valence-electron chi connectivity index (χ0n) is 15.5. The highest BCUT2D eigenvalue weighted by atomic mass is 32.2. The fraction of sp³-hybridized carbons (Fsp3) is 0.333. The second-order valence-electron chi connectivity index (χ2n) is 6.54. The van der Waals surface area contributed by atoms with Crippen LogP contribution >= 0.6 is 11.8 Å². The van der Waals surface area contributed by atoms with Crippen molar-refractivity contribution in [3.05, 3.63) is 54.6 Å². The number of carbonyl (C=O) groups is 2. The largest absolute Gasteiger partial charge is 0.385 e. The van der Waals surface area contributed by atoms with Crippen LogP contribution in [0.15, 0.2) is 59.5 Å². The predicted molar refractivity (Wildman–Crippen MR) is 111 cm³/mol. The summed E-state index contributed by atoms with van der Waals surface area (Å²) in [6.07, 6.45) is 3.13. The van der Waals surface area contributed by atoms with E-state index in [2.05, 4.69) is 10.6 Å². The Hall–Kier alpha value is -2.47. The lowest BCUT2D eigenvalue weighted by atomic mass is 10.1. The first-order chi connectivity index (χ1) is 13.2. The lowest BCUT2D eigenvalue weighted by Gasteiger charge is -2.17. The molecule has 1 saturated heterocycles. The van der Waals surface area contributed by atoms with Crippen LogP contribution in [0.25, 0.3) is 0 Å². The molecule has 6 heteroatoms. The fourth-order valence-corrected chi connectivity index (χ4v) is 3.54. The zero-order chi connectivity index (χ0) is 19.1. The van der Waals surface area contributed by atoms with Gasteiger partial charge in [0.2, 0.25) is 11.8 Å². The van der Waals surface area contributed by atoms with Crippen LogP contribution in [0.1, 0.15) is 12.8 Å². The Morgan fingerprint density at radius 3 is 2.56 bits per heavy atom. The first-order valence-electron chi connectivity index (χ1n) is 9.18. The van der Waals surface area contributed by atoms with Crippen LogP contribution < -0.4 is 15.5 Å². The summed E-state index contributed by atoms with van der Waals surface area (Å²) in [7, 11) is 0. The highest BCUT2D eigenvalue weighted by molar-refractivity contribution is 7.98. The van der Waals surface area contributed by atoms with E-state index in [4.69, 9.17) is 0 Å². The topological polar surface area (TPSA) is 61.4 Å². The second-order valence-corrected chi connectivity index (χ2v) is 7.42. The number of thioether (sulfide) groups is 1. The van der Waals surface area contributed by atoms with Crippen LogP contribution in [0, 0.1) is 5.92 Å². The summed E-state index contributed by atoms with van der Waals surface area (Å²) in [6, 6.07) is 17.9. The van der Waals surface area contributed by atoms with E-state index in [1.165, 1.54) is 0 Å². The highest BCUT2D eigenvalue weighted by Gasteiger charge is 2.34. The molecule has 1 heterocycles. The van der Waals surface area contributed by atoms with Gasteiger partial charge in [0.1, 0.15) is 0 Å². The molecule has 2 aromatic rings. The zero-order valence-corrected chi connectivity index (χ0v) is 16.3. The molecule has 27 heavy (non-hydrogen) atoms. The van der Waals surface area contributed by atoms with Crippen molar-refractivity contribution in [2.24, 2.45) is 5.92 Å². The first-order valence-corrected chi connectivity index (χ1v) is 10.4. The number of benzene rings is 2. The van der Waals surface area contributed by atoms with E-state index in [-0.39, 0.29) is 24.2 Å². The Balaban J connectivity index is 1.42.